The highest BCUT2D eigenvalue weighted by Crippen LogP contribution is 2.26. The van der Waals surface area contributed by atoms with E-state index in [-0.39, 0.29) is 11.3 Å². The highest BCUT2D eigenvalue weighted by Gasteiger charge is 2.13. The van der Waals surface area contributed by atoms with Crippen molar-refractivity contribution in [3.8, 4) is 0 Å². The van der Waals surface area contributed by atoms with Gasteiger partial charge in [-0.1, -0.05) is 68.2 Å². The van der Waals surface area contributed by atoms with Crippen LogP contribution in [0.15, 0.2) is 42.5 Å². The maximum absolute atomic E-state index is 12.0. The van der Waals surface area contributed by atoms with Crippen LogP contribution >= 0.6 is 23.2 Å². The summed E-state index contributed by atoms with van der Waals surface area (Å²) < 4.78 is 0. The summed E-state index contributed by atoms with van der Waals surface area (Å²) in [6.45, 7) is 6.56. The molecule has 0 saturated heterocycles. The van der Waals surface area contributed by atoms with Gasteiger partial charge in [0.15, 0.2) is 0 Å². The second kappa shape index (κ2) is 7.37. The van der Waals surface area contributed by atoms with Gasteiger partial charge in [0.25, 0.3) is 0 Å². The first-order valence-corrected chi connectivity index (χ1v) is 8.35. The van der Waals surface area contributed by atoms with Gasteiger partial charge in [-0.05, 0) is 41.2 Å². The molecule has 122 valence electrons. The molecule has 0 aromatic heterocycles. The zero-order valence-electron chi connectivity index (χ0n) is 13.6. The number of halogens is 2. The van der Waals surface area contributed by atoms with Crippen molar-refractivity contribution in [3.63, 3.8) is 0 Å². The van der Waals surface area contributed by atoms with E-state index in [4.69, 9.17) is 23.2 Å². The molecule has 2 aromatic carbocycles. The number of rotatable bonds is 4. The topological polar surface area (TPSA) is 29.1 Å². The molecule has 0 atom stereocenters. The summed E-state index contributed by atoms with van der Waals surface area (Å²) in [4.78, 5) is 12.0. The van der Waals surface area contributed by atoms with E-state index in [1.807, 2.05) is 0 Å². The van der Waals surface area contributed by atoms with Crippen molar-refractivity contribution in [2.24, 2.45) is 0 Å². The van der Waals surface area contributed by atoms with Crippen LogP contribution in [0.2, 0.25) is 10.0 Å². The second-order valence-corrected chi connectivity index (χ2v) is 7.46. The maximum Gasteiger partial charge on any atom is 0.224 e. The first-order chi connectivity index (χ1) is 10.8. The minimum Gasteiger partial charge on any atom is -0.325 e. The van der Waals surface area contributed by atoms with E-state index in [9.17, 15) is 4.79 Å². The Labute approximate surface area is 147 Å². The van der Waals surface area contributed by atoms with Gasteiger partial charge in [0, 0.05) is 11.4 Å². The fourth-order valence-corrected chi connectivity index (χ4v) is 2.69. The SMILES string of the molecule is CC(C)(C)c1ccc(CCC(=O)Nc2ccc(Cl)cc2Cl)cc1. The van der Waals surface area contributed by atoms with Gasteiger partial charge in [-0.15, -0.1) is 0 Å². The third-order valence-corrected chi connectivity index (χ3v) is 4.21. The molecule has 2 rings (SSSR count). The molecule has 0 unspecified atom stereocenters. The Morgan fingerprint density at radius 3 is 2.26 bits per heavy atom. The number of carbonyl (C=O) groups is 1. The summed E-state index contributed by atoms with van der Waals surface area (Å²) in [6, 6.07) is 13.5. The molecule has 0 aliphatic rings. The van der Waals surface area contributed by atoms with E-state index in [2.05, 4.69) is 50.4 Å². The molecule has 0 radical (unpaired) electrons. The van der Waals surface area contributed by atoms with Crippen LogP contribution < -0.4 is 5.32 Å². The summed E-state index contributed by atoms with van der Waals surface area (Å²) >= 11 is 11.9. The minimum atomic E-state index is -0.0610. The molecule has 2 nitrogen and oxygen atoms in total. The molecule has 0 bridgehead atoms. The number of anilines is 1. The van der Waals surface area contributed by atoms with Crippen molar-refractivity contribution in [1.82, 2.24) is 0 Å². The molecule has 4 heteroatoms. The highest BCUT2D eigenvalue weighted by atomic mass is 35.5. The molecular weight excluding hydrogens is 329 g/mol. The standard InChI is InChI=1S/C19H21Cl2NO/c1-19(2,3)14-7-4-13(5-8-14)6-11-18(23)22-17-10-9-15(20)12-16(17)21/h4-5,7-10,12H,6,11H2,1-3H3,(H,22,23). The van der Waals surface area contributed by atoms with Crippen molar-refractivity contribution >= 4 is 34.8 Å². The zero-order valence-corrected chi connectivity index (χ0v) is 15.1. The number of carbonyl (C=O) groups excluding carboxylic acids is 1. The van der Waals surface area contributed by atoms with Gasteiger partial charge in [-0.3, -0.25) is 4.79 Å². The molecule has 1 amide bonds. The molecule has 2 aromatic rings. The number of hydrogen-bond donors (Lipinski definition) is 1. The van der Waals surface area contributed by atoms with E-state index in [1.165, 1.54) is 5.56 Å². The van der Waals surface area contributed by atoms with Gasteiger partial charge in [-0.25, -0.2) is 0 Å². The first-order valence-electron chi connectivity index (χ1n) is 7.60. The van der Waals surface area contributed by atoms with Crippen molar-refractivity contribution < 1.29 is 4.79 Å². The van der Waals surface area contributed by atoms with Crippen LogP contribution in [0.1, 0.15) is 38.3 Å². The van der Waals surface area contributed by atoms with E-state index in [0.29, 0.717) is 28.6 Å². The van der Waals surface area contributed by atoms with Gasteiger partial charge in [0.05, 0.1) is 10.7 Å². The van der Waals surface area contributed by atoms with E-state index in [0.717, 1.165) is 5.56 Å². The van der Waals surface area contributed by atoms with Gasteiger partial charge >= 0.3 is 0 Å². The molecule has 0 aliphatic heterocycles. The molecule has 0 fully saturated rings. The number of amides is 1. The number of aryl methyl sites for hydroxylation is 1. The number of nitrogens with one attached hydrogen (secondary N) is 1. The molecule has 0 aliphatic carbocycles. The minimum absolute atomic E-state index is 0.0610. The molecular formula is C19H21Cl2NO. The Balaban J connectivity index is 1.91. The van der Waals surface area contributed by atoms with Crippen molar-refractivity contribution in [1.29, 1.82) is 0 Å². The summed E-state index contributed by atoms with van der Waals surface area (Å²) in [5.74, 6) is -0.0610. The Kier molecular flexibility index (Phi) is 5.72. The summed E-state index contributed by atoms with van der Waals surface area (Å²) in [5.41, 5.74) is 3.17. The van der Waals surface area contributed by atoms with E-state index < -0.39 is 0 Å². The molecule has 1 N–H and O–H groups in total. The van der Waals surface area contributed by atoms with Crippen LogP contribution in [0.4, 0.5) is 5.69 Å². The fourth-order valence-electron chi connectivity index (χ4n) is 2.23. The Bertz CT molecular complexity index is 688. The smallest absolute Gasteiger partial charge is 0.224 e. The predicted molar refractivity (Wildman–Crippen MR) is 98.6 cm³/mol. The Hall–Kier alpha value is -1.51. The number of benzene rings is 2. The van der Waals surface area contributed by atoms with Crippen LogP contribution in [0.5, 0.6) is 0 Å². The first kappa shape index (κ1) is 17.8. The van der Waals surface area contributed by atoms with Crippen LogP contribution in [-0.2, 0) is 16.6 Å². The number of hydrogen-bond acceptors (Lipinski definition) is 1. The highest BCUT2D eigenvalue weighted by molar-refractivity contribution is 6.36. The average molecular weight is 350 g/mol. The average Bonchev–Trinajstić information content (AvgIpc) is 2.47. The van der Waals surface area contributed by atoms with Crippen LogP contribution in [-0.4, -0.2) is 5.91 Å². The molecule has 0 spiro atoms. The van der Waals surface area contributed by atoms with Crippen LogP contribution in [0.25, 0.3) is 0 Å². The van der Waals surface area contributed by atoms with Crippen LogP contribution in [0.3, 0.4) is 0 Å². The van der Waals surface area contributed by atoms with Crippen molar-refractivity contribution in [3.05, 3.63) is 63.6 Å². The van der Waals surface area contributed by atoms with Gasteiger partial charge in [0.2, 0.25) is 5.91 Å². The third-order valence-electron chi connectivity index (χ3n) is 3.67. The Morgan fingerprint density at radius 2 is 1.70 bits per heavy atom. The summed E-state index contributed by atoms with van der Waals surface area (Å²) in [6.07, 6.45) is 1.11. The lowest BCUT2D eigenvalue weighted by Crippen LogP contribution is -2.13. The lowest BCUT2D eigenvalue weighted by Gasteiger charge is -2.19. The summed E-state index contributed by atoms with van der Waals surface area (Å²) in [5, 5.41) is 3.81. The predicted octanol–water partition coefficient (Wildman–Crippen LogP) is 5.86. The second-order valence-electron chi connectivity index (χ2n) is 6.62. The quantitative estimate of drug-likeness (QED) is 0.735. The molecule has 0 heterocycles. The monoisotopic (exact) mass is 349 g/mol. The summed E-state index contributed by atoms with van der Waals surface area (Å²) in [7, 11) is 0. The third kappa shape index (κ3) is 5.26. The lowest BCUT2D eigenvalue weighted by atomic mass is 9.86. The Morgan fingerprint density at radius 1 is 1.04 bits per heavy atom. The maximum atomic E-state index is 12.0. The van der Waals surface area contributed by atoms with Crippen molar-refractivity contribution in [2.75, 3.05) is 5.32 Å². The van der Waals surface area contributed by atoms with Gasteiger partial charge < -0.3 is 5.32 Å². The van der Waals surface area contributed by atoms with Gasteiger partial charge in [-0.2, -0.15) is 0 Å². The fraction of sp³-hybridized carbons (Fsp3) is 0.316. The zero-order chi connectivity index (χ0) is 17.0. The van der Waals surface area contributed by atoms with Crippen LogP contribution in [0, 0.1) is 0 Å². The normalized spacial score (nSPS) is 11.3. The lowest BCUT2D eigenvalue weighted by molar-refractivity contribution is -0.116. The van der Waals surface area contributed by atoms with Gasteiger partial charge in [0.1, 0.15) is 0 Å². The van der Waals surface area contributed by atoms with E-state index >= 15 is 0 Å². The van der Waals surface area contributed by atoms with Crippen molar-refractivity contribution in [2.45, 2.75) is 39.0 Å². The van der Waals surface area contributed by atoms with E-state index in [1.54, 1.807) is 18.2 Å². The largest absolute Gasteiger partial charge is 0.325 e. The molecule has 23 heavy (non-hydrogen) atoms. The molecule has 0 saturated carbocycles.